The van der Waals surface area contributed by atoms with Gasteiger partial charge in [0.15, 0.2) is 23.1 Å². The van der Waals surface area contributed by atoms with Crippen molar-refractivity contribution in [2.75, 3.05) is 6.79 Å². The molecule has 176 valence electrons. The summed E-state index contributed by atoms with van der Waals surface area (Å²) in [5, 5.41) is 7.18. The minimum Gasteiger partial charge on any atom is -0.454 e. The quantitative estimate of drug-likeness (QED) is 0.451. The highest BCUT2D eigenvalue weighted by Crippen LogP contribution is 2.42. The maximum atomic E-state index is 13.5. The van der Waals surface area contributed by atoms with Crippen LogP contribution in [0.3, 0.4) is 0 Å². The van der Waals surface area contributed by atoms with E-state index in [1.807, 2.05) is 18.2 Å². The van der Waals surface area contributed by atoms with Crippen LogP contribution in [-0.2, 0) is 6.54 Å². The van der Waals surface area contributed by atoms with E-state index in [4.69, 9.17) is 9.47 Å². The molecule has 0 radical (unpaired) electrons. The number of carbonyl (C=O) groups excluding carboxylic acids is 1. The van der Waals surface area contributed by atoms with Crippen LogP contribution in [0.2, 0.25) is 0 Å². The van der Waals surface area contributed by atoms with Crippen LogP contribution < -0.4 is 14.8 Å². The lowest BCUT2D eigenvalue weighted by atomic mass is 10.1. The average Bonchev–Trinajstić information content (AvgIpc) is 3.43. The van der Waals surface area contributed by atoms with Gasteiger partial charge in [-0.15, -0.1) is 0 Å². The molecule has 1 aliphatic heterocycles. The van der Waals surface area contributed by atoms with Crippen LogP contribution in [0.25, 0.3) is 17.2 Å². The third kappa shape index (κ3) is 4.07. The number of hydrogen-bond acceptors (Lipinski definition) is 6. The van der Waals surface area contributed by atoms with Gasteiger partial charge in [0, 0.05) is 24.2 Å². The van der Waals surface area contributed by atoms with Gasteiger partial charge in [-0.05, 0) is 54.8 Å². The van der Waals surface area contributed by atoms with Crippen LogP contribution in [0.5, 0.6) is 11.5 Å². The number of nitrogens with one attached hydrogen (secondary N) is 1. The zero-order valence-electron chi connectivity index (χ0n) is 18.4. The number of halogens is 2. The summed E-state index contributed by atoms with van der Waals surface area (Å²) >= 11 is 0. The average molecular weight is 475 g/mol. The summed E-state index contributed by atoms with van der Waals surface area (Å²) in [6, 6.07) is 10.9. The number of benzene rings is 2. The summed E-state index contributed by atoms with van der Waals surface area (Å²) in [5.74, 6) is -0.385. The molecule has 0 saturated heterocycles. The van der Waals surface area contributed by atoms with Crippen LogP contribution >= 0.6 is 0 Å². The van der Waals surface area contributed by atoms with E-state index in [-0.39, 0.29) is 25.2 Å². The van der Waals surface area contributed by atoms with Crippen molar-refractivity contribution in [2.45, 2.75) is 25.3 Å². The number of fused-ring (bicyclic) bond motifs is 1. The summed E-state index contributed by atoms with van der Waals surface area (Å²) in [6.07, 6.45) is 4.99. The Morgan fingerprint density at radius 2 is 1.91 bits per heavy atom. The summed E-state index contributed by atoms with van der Waals surface area (Å²) in [4.78, 5) is 22.0. The van der Waals surface area contributed by atoms with Crippen molar-refractivity contribution in [3.05, 3.63) is 83.3 Å². The molecule has 35 heavy (non-hydrogen) atoms. The molecule has 10 heteroatoms. The molecule has 1 saturated carbocycles. The second-order valence-corrected chi connectivity index (χ2v) is 8.37. The van der Waals surface area contributed by atoms with Gasteiger partial charge in [-0.2, -0.15) is 5.10 Å². The van der Waals surface area contributed by atoms with Gasteiger partial charge in [-0.25, -0.2) is 23.4 Å². The summed E-state index contributed by atoms with van der Waals surface area (Å²) in [6.45, 7) is 0.244. The van der Waals surface area contributed by atoms with E-state index in [9.17, 15) is 13.6 Å². The van der Waals surface area contributed by atoms with Crippen molar-refractivity contribution >= 4 is 5.91 Å². The van der Waals surface area contributed by atoms with Crippen LogP contribution in [0.15, 0.2) is 54.9 Å². The Labute approximate surface area is 198 Å². The molecule has 0 bridgehead atoms. The van der Waals surface area contributed by atoms with Gasteiger partial charge in [0.1, 0.15) is 0 Å². The standard InChI is InChI=1S/C25H19F2N5O3/c26-18-5-1-14(9-19(18)27)11-29-24(33)17-12-30-32(23(17)15-2-3-15)25-28-8-7-20(31-25)16-4-6-21-22(10-16)35-13-34-21/h1,4-10,12,15H,2-3,11,13H2,(H,29,33). The SMILES string of the molecule is O=C(NCc1ccc(F)c(F)c1)c1cnn(-c2nccc(-c3ccc4c(c3)OCO4)n2)c1C1CC1. The van der Waals surface area contributed by atoms with Crippen molar-refractivity contribution in [2.24, 2.45) is 0 Å². The molecule has 3 heterocycles. The molecule has 1 N–H and O–H groups in total. The fourth-order valence-electron chi connectivity index (χ4n) is 4.04. The maximum absolute atomic E-state index is 13.5. The zero-order valence-corrected chi connectivity index (χ0v) is 18.4. The monoisotopic (exact) mass is 475 g/mol. The Hall–Kier alpha value is -4.34. The minimum atomic E-state index is -0.956. The molecule has 1 fully saturated rings. The number of ether oxygens (including phenoxy) is 2. The largest absolute Gasteiger partial charge is 0.454 e. The zero-order chi connectivity index (χ0) is 23.9. The third-order valence-corrected chi connectivity index (χ3v) is 5.95. The van der Waals surface area contributed by atoms with Gasteiger partial charge < -0.3 is 14.8 Å². The Bertz CT molecular complexity index is 1450. The number of carbonyl (C=O) groups is 1. The minimum absolute atomic E-state index is 0.0570. The topological polar surface area (TPSA) is 91.2 Å². The first kappa shape index (κ1) is 21.2. The van der Waals surface area contributed by atoms with E-state index in [2.05, 4.69) is 20.4 Å². The van der Waals surface area contributed by atoms with Crippen LogP contribution in [0, 0.1) is 11.6 Å². The van der Waals surface area contributed by atoms with Crippen molar-refractivity contribution in [3.63, 3.8) is 0 Å². The van der Waals surface area contributed by atoms with E-state index >= 15 is 0 Å². The van der Waals surface area contributed by atoms with E-state index < -0.39 is 11.6 Å². The van der Waals surface area contributed by atoms with E-state index in [1.54, 1.807) is 16.9 Å². The number of amides is 1. The lowest BCUT2D eigenvalue weighted by Gasteiger charge is -2.10. The van der Waals surface area contributed by atoms with Crippen LogP contribution in [-0.4, -0.2) is 32.4 Å². The first-order chi connectivity index (χ1) is 17.1. The molecule has 2 aliphatic rings. The van der Waals surface area contributed by atoms with Gasteiger partial charge in [-0.1, -0.05) is 6.07 Å². The molecule has 0 atom stereocenters. The van der Waals surface area contributed by atoms with E-state index in [0.717, 1.165) is 36.2 Å². The predicted octanol–water partition coefficient (Wildman–Crippen LogP) is 4.14. The normalized spacial score (nSPS) is 14.2. The van der Waals surface area contributed by atoms with Gasteiger partial charge in [0.2, 0.25) is 6.79 Å². The molecule has 1 aliphatic carbocycles. The molecule has 0 spiro atoms. The highest BCUT2D eigenvalue weighted by Gasteiger charge is 2.33. The predicted molar refractivity (Wildman–Crippen MR) is 120 cm³/mol. The lowest BCUT2D eigenvalue weighted by Crippen LogP contribution is -2.24. The summed E-state index contributed by atoms with van der Waals surface area (Å²) < 4.78 is 39.1. The van der Waals surface area contributed by atoms with Crippen molar-refractivity contribution in [3.8, 4) is 28.7 Å². The van der Waals surface area contributed by atoms with Crippen molar-refractivity contribution in [1.82, 2.24) is 25.1 Å². The second-order valence-electron chi connectivity index (χ2n) is 8.37. The second kappa shape index (κ2) is 8.46. The first-order valence-corrected chi connectivity index (χ1v) is 11.1. The Morgan fingerprint density at radius 3 is 2.74 bits per heavy atom. The molecular formula is C25H19F2N5O3. The van der Waals surface area contributed by atoms with Gasteiger partial charge in [-0.3, -0.25) is 4.79 Å². The van der Waals surface area contributed by atoms with Gasteiger partial charge in [0.05, 0.1) is 23.1 Å². The molecule has 8 nitrogen and oxygen atoms in total. The van der Waals surface area contributed by atoms with Crippen LogP contribution in [0.1, 0.15) is 40.4 Å². The van der Waals surface area contributed by atoms with Crippen molar-refractivity contribution < 1.29 is 23.0 Å². The summed E-state index contributed by atoms with van der Waals surface area (Å²) in [7, 11) is 0. The van der Waals surface area contributed by atoms with Gasteiger partial charge in [0.25, 0.3) is 11.9 Å². The third-order valence-electron chi connectivity index (χ3n) is 5.95. The Balaban J connectivity index is 1.28. The fourth-order valence-corrected chi connectivity index (χ4v) is 4.04. The first-order valence-electron chi connectivity index (χ1n) is 11.1. The maximum Gasteiger partial charge on any atom is 0.255 e. The van der Waals surface area contributed by atoms with E-state index in [1.165, 1.54) is 12.3 Å². The summed E-state index contributed by atoms with van der Waals surface area (Å²) in [5.41, 5.74) is 3.11. The smallest absolute Gasteiger partial charge is 0.255 e. The number of rotatable bonds is 6. The Morgan fingerprint density at radius 1 is 1.06 bits per heavy atom. The molecule has 1 amide bonds. The fraction of sp³-hybridized carbons (Fsp3) is 0.200. The van der Waals surface area contributed by atoms with E-state index in [0.29, 0.717) is 34.3 Å². The van der Waals surface area contributed by atoms with Crippen LogP contribution in [0.4, 0.5) is 8.78 Å². The molecule has 6 rings (SSSR count). The molecule has 0 unspecified atom stereocenters. The van der Waals surface area contributed by atoms with Crippen molar-refractivity contribution in [1.29, 1.82) is 0 Å². The molecule has 2 aromatic carbocycles. The number of nitrogens with zero attached hydrogens (tertiary/aromatic N) is 4. The highest BCUT2D eigenvalue weighted by molar-refractivity contribution is 5.95. The highest BCUT2D eigenvalue weighted by atomic mass is 19.2. The molecular weight excluding hydrogens is 456 g/mol. The molecule has 4 aromatic rings. The Kier molecular flexibility index (Phi) is 5.13. The van der Waals surface area contributed by atoms with Gasteiger partial charge >= 0.3 is 0 Å². The number of aromatic nitrogens is 4. The lowest BCUT2D eigenvalue weighted by molar-refractivity contribution is 0.0949. The number of hydrogen-bond donors (Lipinski definition) is 1. The molecule has 2 aromatic heterocycles.